The molecular formula is C28H27N3O4. The lowest BCUT2D eigenvalue weighted by atomic mass is 10.0. The van der Waals surface area contributed by atoms with E-state index in [1.165, 1.54) is 6.92 Å². The number of amides is 2. The minimum atomic E-state index is -0.324. The largest absolute Gasteiger partial charge is 0.508 e. The Hall–Kier alpha value is -4.36. The summed E-state index contributed by atoms with van der Waals surface area (Å²) < 4.78 is 5.32. The van der Waals surface area contributed by atoms with Gasteiger partial charge in [-0.25, -0.2) is 0 Å². The van der Waals surface area contributed by atoms with Crippen molar-refractivity contribution in [1.82, 2.24) is 5.32 Å². The number of rotatable bonds is 8. The van der Waals surface area contributed by atoms with Crippen LogP contribution in [0.25, 0.3) is 10.8 Å². The lowest BCUT2D eigenvalue weighted by molar-refractivity contribution is -0.114. The number of benzene rings is 4. The fraction of sp³-hybridized carbons (Fsp3) is 0.143. The zero-order chi connectivity index (χ0) is 24.8. The third kappa shape index (κ3) is 5.77. The maximum absolute atomic E-state index is 13.0. The Kier molecular flexibility index (Phi) is 7.28. The Morgan fingerprint density at radius 3 is 2.46 bits per heavy atom. The highest BCUT2D eigenvalue weighted by molar-refractivity contribution is 6.06. The van der Waals surface area contributed by atoms with E-state index in [-0.39, 0.29) is 17.6 Å². The number of aromatic hydroxyl groups is 1. The number of phenols is 1. The summed E-state index contributed by atoms with van der Waals surface area (Å²) in [5, 5.41) is 21.4. The molecule has 4 aromatic rings. The zero-order valence-electron chi connectivity index (χ0n) is 19.6. The molecule has 0 spiro atoms. The van der Waals surface area contributed by atoms with Crippen molar-refractivity contribution in [2.75, 3.05) is 17.7 Å². The molecule has 0 aliphatic rings. The van der Waals surface area contributed by atoms with E-state index in [4.69, 9.17) is 4.74 Å². The lowest BCUT2D eigenvalue weighted by Crippen LogP contribution is -2.17. The first-order chi connectivity index (χ1) is 16.9. The second-order valence-electron chi connectivity index (χ2n) is 8.14. The number of carbonyl (C=O) groups excluding carboxylic acids is 2. The Morgan fingerprint density at radius 2 is 1.66 bits per heavy atom. The van der Waals surface area contributed by atoms with E-state index in [1.807, 2.05) is 48.5 Å². The van der Waals surface area contributed by atoms with Crippen LogP contribution in [0.3, 0.4) is 0 Å². The van der Waals surface area contributed by atoms with Crippen molar-refractivity contribution >= 4 is 34.0 Å². The number of para-hydroxylation sites is 2. The van der Waals surface area contributed by atoms with Crippen LogP contribution in [0.2, 0.25) is 0 Å². The van der Waals surface area contributed by atoms with E-state index < -0.39 is 0 Å². The molecule has 35 heavy (non-hydrogen) atoms. The van der Waals surface area contributed by atoms with E-state index in [0.717, 1.165) is 21.9 Å². The van der Waals surface area contributed by atoms with Crippen LogP contribution in [-0.2, 0) is 17.9 Å². The van der Waals surface area contributed by atoms with E-state index in [1.54, 1.807) is 37.4 Å². The second kappa shape index (κ2) is 10.7. The van der Waals surface area contributed by atoms with Crippen LogP contribution in [0.5, 0.6) is 11.5 Å². The van der Waals surface area contributed by atoms with Crippen LogP contribution in [0, 0.1) is 0 Å². The van der Waals surface area contributed by atoms with Gasteiger partial charge >= 0.3 is 0 Å². The van der Waals surface area contributed by atoms with Gasteiger partial charge in [0.1, 0.15) is 11.5 Å². The van der Waals surface area contributed by atoms with E-state index >= 15 is 0 Å². The van der Waals surface area contributed by atoms with Gasteiger partial charge in [-0.1, -0.05) is 42.5 Å². The number of hydrogen-bond donors (Lipinski definition) is 4. The van der Waals surface area contributed by atoms with Gasteiger partial charge < -0.3 is 25.8 Å². The van der Waals surface area contributed by atoms with Crippen LogP contribution in [0.15, 0.2) is 78.9 Å². The first-order valence-corrected chi connectivity index (χ1v) is 11.2. The number of anilines is 2. The molecule has 0 saturated carbocycles. The summed E-state index contributed by atoms with van der Waals surface area (Å²) in [5.74, 6) is 0.220. The van der Waals surface area contributed by atoms with Crippen LogP contribution < -0.4 is 20.7 Å². The van der Waals surface area contributed by atoms with E-state index in [2.05, 4.69) is 16.0 Å². The van der Waals surface area contributed by atoms with Crippen molar-refractivity contribution < 1.29 is 19.4 Å². The van der Waals surface area contributed by atoms with Crippen molar-refractivity contribution in [2.24, 2.45) is 0 Å². The smallest absolute Gasteiger partial charge is 0.255 e. The standard InChI is InChI=1S/C28H27N3O4/c1-18(32)30-22-14-19(13-21(15-22)28(34)31-25-9-5-6-10-27(25)35-2)16-29-17-24-23-8-4-3-7-20(23)11-12-26(24)33/h3-15,29,33H,16-17H2,1-2H3,(H,30,32)(H,31,34). The van der Waals surface area contributed by atoms with Gasteiger partial charge in [0.15, 0.2) is 0 Å². The molecule has 0 saturated heterocycles. The molecule has 4 rings (SSSR count). The molecule has 7 heteroatoms. The maximum atomic E-state index is 13.0. The molecule has 7 nitrogen and oxygen atoms in total. The first kappa shape index (κ1) is 23.8. The fourth-order valence-electron chi connectivity index (χ4n) is 3.99. The lowest BCUT2D eigenvalue weighted by Gasteiger charge is -2.14. The van der Waals surface area contributed by atoms with Gasteiger partial charge in [0.25, 0.3) is 5.91 Å². The molecule has 0 aliphatic carbocycles. The molecule has 0 heterocycles. The molecule has 0 aromatic heterocycles. The van der Waals surface area contributed by atoms with Crippen molar-refractivity contribution in [2.45, 2.75) is 20.0 Å². The molecule has 0 radical (unpaired) electrons. The summed E-state index contributed by atoms with van der Waals surface area (Å²) >= 11 is 0. The van der Waals surface area contributed by atoms with Gasteiger partial charge in [0.05, 0.1) is 12.8 Å². The number of methoxy groups -OCH3 is 1. The average Bonchev–Trinajstić information content (AvgIpc) is 2.85. The molecule has 4 aromatic carbocycles. The SMILES string of the molecule is COc1ccccc1NC(=O)c1cc(CNCc2c(O)ccc3ccccc23)cc(NC(C)=O)c1. The van der Waals surface area contributed by atoms with Crippen LogP contribution in [0.1, 0.15) is 28.4 Å². The van der Waals surface area contributed by atoms with Crippen molar-refractivity contribution in [3.8, 4) is 11.5 Å². The molecule has 2 amide bonds. The van der Waals surface area contributed by atoms with Crippen molar-refractivity contribution in [3.63, 3.8) is 0 Å². The summed E-state index contributed by atoms with van der Waals surface area (Å²) in [6.45, 7) is 2.27. The summed E-state index contributed by atoms with van der Waals surface area (Å²) in [4.78, 5) is 24.7. The van der Waals surface area contributed by atoms with E-state index in [0.29, 0.717) is 35.8 Å². The highest BCUT2D eigenvalue weighted by Gasteiger charge is 2.13. The summed E-state index contributed by atoms with van der Waals surface area (Å²) in [6, 6.07) is 23.8. The maximum Gasteiger partial charge on any atom is 0.255 e. The molecule has 178 valence electrons. The predicted molar refractivity (Wildman–Crippen MR) is 138 cm³/mol. The number of ether oxygens (including phenoxy) is 1. The van der Waals surface area contributed by atoms with Gasteiger partial charge in [0, 0.05) is 36.8 Å². The van der Waals surface area contributed by atoms with Gasteiger partial charge in [0.2, 0.25) is 5.91 Å². The Labute approximate surface area is 203 Å². The average molecular weight is 470 g/mol. The van der Waals surface area contributed by atoms with Gasteiger partial charge in [-0.3, -0.25) is 9.59 Å². The third-order valence-corrected chi connectivity index (χ3v) is 5.58. The number of hydrogen-bond acceptors (Lipinski definition) is 5. The number of nitrogens with one attached hydrogen (secondary N) is 3. The predicted octanol–water partition coefficient (Wildman–Crippen LogP) is 5.05. The van der Waals surface area contributed by atoms with Gasteiger partial charge in [-0.05, 0) is 52.7 Å². The third-order valence-electron chi connectivity index (χ3n) is 5.58. The minimum absolute atomic E-state index is 0.222. The normalized spacial score (nSPS) is 10.7. The summed E-state index contributed by atoms with van der Waals surface area (Å²) in [6.07, 6.45) is 0. The molecule has 0 bridgehead atoms. The monoisotopic (exact) mass is 469 g/mol. The Balaban J connectivity index is 1.55. The topological polar surface area (TPSA) is 99.7 Å². The van der Waals surface area contributed by atoms with Crippen molar-refractivity contribution in [3.05, 3.63) is 95.6 Å². The summed E-state index contributed by atoms with van der Waals surface area (Å²) in [7, 11) is 1.54. The summed E-state index contributed by atoms with van der Waals surface area (Å²) in [5.41, 5.74) is 3.08. The number of fused-ring (bicyclic) bond motifs is 1. The van der Waals surface area contributed by atoms with Gasteiger partial charge in [-0.2, -0.15) is 0 Å². The van der Waals surface area contributed by atoms with E-state index in [9.17, 15) is 14.7 Å². The number of phenolic OH excluding ortho intramolecular Hbond substituents is 1. The molecule has 4 N–H and O–H groups in total. The Morgan fingerprint density at radius 1 is 0.886 bits per heavy atom. The highest BCUT2D eigenvalue weighted by atomic mass is 16.5. The first-order valence-electron chi connectivity index (χ1n) is 11.2. The second-order valence-corrected chi connectivity index (χ2v) is 8.14. The highest BCUT2D eigenvalue weighted by Crippen LogP contribution is 2.27. The van der Waals surface area contributed by atoms with Crippen LogP contribution in [-0.4, -0.2) is 24.0 Å². The molecule has 0 aliphatic heterocycles. The van der Waals surface area contributed by atoms with Crippen molar-refractivity contribution in [1.29, 1.82) is 0 Å². The molecule has 0 unspecified atom stereocenters. The molecule has 0 fully saturated rings. The molecule has 0 atom stereocenters. The van der Waals surface area contributed by atoms with Crippen LogP contribution in [0.4, 0.5) is 11.4 Å². The minimum Gasteiger partial charge on any atom is -0.508 e. The number of carbonyl (C=O) groups is 2. The Bertz CT molecular complexity index is 1380. The fourth-order valence-corrected chi connectivity index (χ4v) is 3.99. The quantitative estimate of drug-likeness (QED) is 0.289. The zero-order valence-corrected chi connectivity index (χ0v) is 19.6. The van der Waals surface area contributed by atoms with Crippen LogP contribution >= 0.6 is 0 Å². The molecular weight excluding hydrogens is 442 g/mol. The van der Waals surface area contributed by atoms with Gasteiger partial charge in [-0.15, -0.1) is 0 Å².